The van der Waals surface area contributed by atoms with Crippen molar-refractivity contribution >= 4 is 0 Å². The molecule has 1 N–H and O–H groups in total. The molecule has 3 heteroatoms. The Hall–Kier alpha value is -0.930. The molecule has 0 saturated carbocycles. The summed E-state index contributed by atoms with van der Waals surface area (Å²) in [5, 5.41) is 3.69. The van der Waals surface area contributed by atoms with Gasteiger partial charge >= 0.3 is 0 Å². The highest BCUT2D eigenvalue weighted by molar-refractivity contribution is 5.21. The lowest BCUT2D eigenvalue weighted by Crippen LogP contribution is -2.49. The third kappa shape index (κ3) is 2.61. The maximum Gasteiger partial charge on any atom is 0.127 e. The molecule has 2 fully saturated rings. The minimum Gasteiger partial charge on any atom is -0.311 e. The maximum atomic E-state index is 14.0. The van der Waals surface area contributed by atoms with Crippen molar-refractivity contribution in [1.29, 1.82) is 0 Å². The first-order chi connectivity index (χ1) is 9.69. The summed E-state index contributed by atoms with van der Waals surface area (Å²) < 4.78 is 14.0. The van der Waals surface area contributed by atoms with E-state index in [1.807, 2.05) is 12.1 Å². The minimum atomic E-state index is -0.0737. The monoisotopic (exact) mass is 276 g/mol. The number of piperidine rings is 1. The molecule has 2 bridgehead atoms. The van der Waals surface area contributed by atoms with Gasteiger partial charge in [-0.15, -0.1) is 0 Å². The summed E-state index contributed by atoms with van der Waals surface area (Å²) in [5.74, 6) is -0.0737. The Bertz CT molecular complexity index is 450. The molecule has 3 rings (SSSR count). The van der Waals surface area contributed by atoms with Crippen LogP contribution in [0.1, 0.15) is 51.1 Å². The molecular weight excluding hydrogens is 251 g/mol. The van der Waals surface area contributed by atoms with E-state index in [4.69, 9.17) is 0 Å². The Balaban J connectivity index is 1.77. The van der Waals surface area contributed by atoms with Gasteiger partial charge in [-0.25, -0.2) is 4.39 Å². The van der Waals surface area contributed by atoms with Crippen LogP contribution in [0.3, 0.4) is 0 Å². The van der Waals surface area contributed by atoms with Crippen LogP contribution in [0, 0.1) is 5.82 Å². The number of halogens is 1. The van der Waals surface area contributed by atoms with Gasteiger partial charge in [0.15, 0.2) is 0 Å². The van der Waals surface area contributed by atoms with E-state index in [1.165, 1.54) is 25.7 Å². The van der Waals surface area contributed by atoms with Crippen molar-refractivity contribution in [3.05, 3.63) is 35.6 Å². The zero-order valence-electron chi connectivity index (χ0n) is 12.5. The van der Waals surface area contributed by atoms with Gasteiger partial charge in [0.1, 0.15) is 5.82 Å². The van der Waals surface area contributed by atoms with Gasteiger partial charge in [-0.1, -0.05) is 25.1 Å². The van der Waals surface area contributed by atoms with Crippen molar-refractivity contribution in [2.24, 2.45) is 0 Å². The maximum absolute atomic E-state index is 14.0. The molecule has 2 aliphatic rings. The molecule has 1 aromatic rings. The summed E-state index contributed by atoms with van der Waals surface area (Å²) in [5.41, 5.74) is 0.834. The summed E-state index contributed by atoms with van der Waals surface area (Å²) in [6.45, 7) is 5.33. The first-order valence-corrected chi connectivity index (χ1v) is 7.95. The smallest absolute Gasteiger partial charge is 0.127 e. The van der Waals surface area contributed by atoms with E-state index >= 15 is 0 Å². The molecule has 0 amide bonds. The second kappa shape index (κ2) is 5.82. The number of hydrogen-bond acceptors (Lipinski definition) is 2. The fraction of sp³-hybridized carbons (Fsp3) is 0.647. The lowest BCUT2D eigenvalue weighted by Gasteiger charge is -2.40. The summed E-state index contributed by atoms with van der Waals surface area (Å²) in [7, 11) is 0. The number of fused-ring (bicyclic) bond motifs is 2. The highest BCUT2D eigenvalue weighted by Crippen LogP contribution is 2.34. The average molecular weight is 276 g/mol. The molecule has 0 spiro atoms. The lowest BCUT2D eigenvalue weighted by atomic mass is 9.95. The highest BCUT2D eigenvalue weighted by atomic mass is 19.1. The van der Waals surface area contributed by atoms with Crippen LogP contribution in [0.25, 0.3) is 0 Å². The first kappa shape index (κ1) is 14.0. The molecule has 110 valence electrons. The van der Waals surface area contributed by atoms with E-state index < -0.39 is 0 Å². The molecule has 2 aliphatic heterocycles. The van der Waals surface area contributed by atoms with Gasteiger partial charge < -0.3 is 5.32 Å². The fourth-order valence-corrected chi connectivity index (χ4v) is 4.14. The second-order valence-electron chi connectivity index (χ2n) is 6.29. The predicted octanol–water partition coefficient (Wildman–Crippen LogP) is 3.49. The number of rotatable bonds is 4. The predicted molar refractivity (Wildman–Crippen MR) is 80.2 cm³/mol. The third-order valence-corrected chi connectivity index (χ3v) is 5.14. The van der Waals surface area contributed by atoms with E-state index in [1.54, 1.807) is 12.1 Å². The van der Waals surface area contributed by atoms with E-state index in [0.717, 1.165) is 12.1 Å². The quantitative estimate of drug-likeness (QED) is 0.905. The SMILES string of the molecule is CCN(C1CC2CCC(C1)N2)C(C)c1ccccc1F. The summed E-state index contributed by atoms with van der Waals surface area (Å²) in [4.78, 5) is 2.49. The van der Waals surface area contributed by atoms with Crippen LogP contribution in [0.15, 0.2) is 24.3 Å². The molecule has 0 aromatic heterocycles. The summed E-state index contributed by atoms with van der Waals surface area (Å²) in [6, 6.07) is 9.32. The van der Waals surface area contributed by atoms with Crippen LogP contribution < -0.4 is 5.32 Å². The van der Waals surface area contributed by atoms with Crippen molar-refractivity contribution in [2.75, 3.05) is 6.54 Å². The number of nitrogens with one attached hydrogen (secondary N) is 1. The molecule has 0 aliphatic carbocycles. The Morgan fingerprint density at radius 1 is 1.25 bits per heavy atom. The van der Waals surface area contributed by atoms with Crippen LogP contribution in [0.2, 0.25) is 0 Å². The molecule has 0 radical (unpaired) electrons. The topological polar surface area (TPSA) is 15.3 Å². The van der Waals surface area contributed by atoms with E-state index in [2.05, 4.69) is 24.1 Å². The summed E-state index contributed by atoms with van der Waals surface area (Å²) in [6.07, 6.45) is 5.05. The zero-order valence-corrected chi connectivity index (χ0v) is 12.5. The van der Waals surface area contributed by atoms with Crippen LogP contribution in [-0.2, 0) is 0 Å². The third-order valence-electron chi connectivity index (χ3n) is 5.14. The molecule has 2 heterocycles. The van der Waals surface area contributed by atoms with Crippen LogP contribution >= 0.6 is 0 Å². The van der Waals surface area contributed by atoms with Gasteiger partial charge in [0.05, 0.1) is 0 Å². The average Bonchev–Trinajstić information content (AvgIpc) is 2.79. The highest BCUT2D eigenvalue weighted by Gasteiger charge is 2.37. The molecule has 2 saturated heterocycles. The minimum absolute atomic E-state index is 0.0737. The normalized spacial score (nSPS) is 30.7. The van der Waals surface area contributed by atoms with Gasteiger partial charge in [0.25, 0.3) is 0 Å². The number of benzene rings is 1. The van der Waals surface area contributed by atoms with Crippen molar-refractivity contribution in [3.8, 4) is 0 Å². The van der Waals surface area contributed by atoms with E-state index in [0.29, 0.717) is 18.1 Å². The van der Waals surface area contributed by atoms with Gasteiger partial charge in [0, 0.05) is 29.7 Å². The molecule has 1 aromatic carbocycles. The Morgan fingerprint density at radius 2 is 1.90 bits per heavy atom. The molecule has 3 unspecified atom stereocenters. The van der Waals surface area contributed by atoms with Crippen molar-refractivity contribution in [1.82, 2.24) is 10.2 Å². The first-order valence-electron chi connectivity index (χ1n) is 7.95. The Morgan fingerprint density at radius 3 is 2.50 bits per heavy atom. The lowest BCUT2D eigenvalue weighted by molar-refractivity contribution is 0.106. The van der Waals surface area contributed by atoms with E-state index in [-0.39, 0.29) is 11.9 Å². The van der Waals surface area contributed by atoms with Gasteiger partial charge in [-0.05, 0) is 45.2 Å². The molecule has 20 heavy (non-hydrogen) atoms. The zero-order chi connectivity index (χ0) is 14.1. The number of nitrogens with zero attached hydrogens (tertiary/aromatic N) is 1. The summed E-state index contributed by atoms with van der Waals surface area (Å²) >= 11 is 0. The molecule has 2 nitrogen and oxygen atoms in total. The van der Waals surface area contributed by atoms with Crippen LogP contribution in [-0.4, -0.2) is 29.6 Å². The van der Waals surface area contributed by atoms with Crippen molar-refractivity contribution in [2.45, 2.75) is 63.7 Å². The fourth-order valence-electron chi connectivity index (χ4n) is 4.14. The van der Waals surface area contributed by atoms with Gasteiger partial charge in [0.2, 0.25) is 0 Å². The second-order valence-corrected chi connectivity index (χ2v) is 6.29. The molecular formula is C17H25FN2. The van der Waals surface area contributed by atoms with Crippen LogP contribution in [0.5, 0.6) is 0 Å². The number of hydrogen-bond donors (Lipinski definition) is 1. The largest absolute Gasteiger partial charge is 0.311 e. The Labute approximate surface area is 121 Å². The van der Waals surface area contributed by atoms with Crippen LogP contribution in [0.4, 0.5) is 4.39 Å². The Kier molecular flexibility index (Phi) is 4.08. The van der Waals surface area contributed by atoms with E-state index in [9.17, 15) is 4.39 Å². The standard InChI is InChI=1S/C17H25FN2/c1-3-20(12(2)16-6-4-5-7-17(16)18)15-10-13-8-9-14(11-15)19-13/h4-7,12-15,19H,3,8-11H2,1-2H3. The van der Waals surface area contributed by atoms with Gasteiger partial charge in [-0.3, -0.25) is 4.90 Å². The molecule has 3 atom stereocenters. The van der Waals surface area contributed by atoms with Crippen molar-refractivity contribution < 1.29 is 4.39 Å². The van der Waals surface area contributed by atoms with Gasteiger partial charge in [-0.2, -0.15) is 0 Å². The van der Waals surface area contributed by atoms with Crippen molar-refractivity contribution in [3.63, 3.8) is 0 Å².